The smallest absolute Gasteiger partial charge is 0.127 e. The van der Waals surface area contributed by atoms with Crippen LogP contribution >= 0.6 is 11.6 Å². The summed E-state index contributed by atoms with van der Waals surface area (Å²) in [4.78, 5) is 0. The lowest BCUT2D eigenvalue weighted by molar-refractivity contribution is 0.240. The van der Waals surface area contributed by atoms with Crippen LogP contribution in [0.15, 0.2) is 48.5 Å². The van der Waals surface area contributed by atoms with Gasteiger partial charge in [0, 0.05) is 23.2 Å². The summed E-state index contributed by atoms with van der Waals surface area (Å²) in [6.45, 7) is 0.335. The maximum Gasteiger partial charge on any atom is 0.127 e. The predicted molar refractivity (Wildman–Crippen MR) is 79.3 cm³/mol. The quantitative estimate of drug-likeness (QED) is 0.857. The van der Waals surface area contributed by atoms with Gasteiger partial charge in [0.1, 0.15) is 5.82 Å². The second kappa shape index (κ2) is 7.39. The Bertz CT molecular complexity index is 547. The van der Waals surface area contributed by atoms with E-state index in [-0.39, 0.29) is 18.5 Å². The van der Waals surface area contributed by atoms with Crippen LogP contribution in [-0.2, 0) is 13.0 Å². The average Bonchev–Trinajstić information content (AvgIpc) is 2.47. The monoisotopic (exact) mass is 293 g/mol. The third-order valence-corrected chi connectivity index (χ3v) is 3.37. The molecule has 0 aliphatic carbocycles. The van der Waals surface area contributed by atoms with Gasteiger partial charge < -0.3 is 10.4 Å². The minimum Gasteiger partial charge on any atom is -0.395 e. The van der Waals surface area contributed by atoms with Gasteiger partial charge in [-0.15, -0.1) is 0 Å². The Balaban J connectivity index is 1.95. The van der Waals surface area contributed by atoms with E-state index in [0.717, 1.165) is 5.56 Å². The molecule has 2 aromatic carbocycles. The average molecular weight is 294 g/mol. The highest BCUT2D eigenvalue weighted by Gasteiger charge is 2.10. The summed E-state index contributed by atoms with van der Waals surface area (Å²) >= 11 is 5.85. The number of hydrogen-bond donors (Lipinski definition) is 2. The van der Waals surface area contributed by atoms with Gasteiger partial charge in [-0.1, -0.05) is 41.9 Å². The van der Waals surface area contributed by atoms with E-state index in [1.165, 1.54) is 12.1 Å². The Kier molecular flexibility index (Phi) is 5.53. The van der Waals surface area contributed by atoms with E-state index in [9.17, 15) is 9.50 Å². The SMILES string of the molecule is OCC(Cc1ccccc1)NCc1cc(Cl)ccc1F. The molecule has 0 heterocycles. The molecule has 0 aromatic heterocycles. The zero-order valence-electron chi connectivity index (χ0n) is 11.0. The highest BCUT2D eigenvalue weighted by molar-refractivity contribution is 6.30. The molecule has 0 amide bonds. The zero-order chi connectivity index (χ0) is 14.4. The van der Waals surface area contributed by atoms with Crippen molar-refractivity contribution in [1.29, 1.82) is 0 Å². The lowest BCUT2D eigenvalue weighted by atomic mass is 10.1. The van der Waals surface area contributed by atoms with Crippen LogP contribution < -0.4 is 5.32 Å². The largest absolute Gasteiger partial charge is 0.395 e. The molecule has 106 valence electrons. The minimum atomic E-state index is -0.293. The van der Waals surface area contributed by atoms with Gasteiger partial charge in [-0.3, -0.25) is 0 Å². The van der Waals surface area contributed by atoms with Crippen molar-refractivity contribution < 1.29 is 9.50 Å². The number of benzene rings is 2. The Morgan fingerprint density at radius 1 is 1.15 bits per heavy atom. The molecule has 0 radical (unpaired) electrons. The fourth-order valence-corrected chi connectivity index (χ4v) is 2.23. The second-order valence-corrected chi connectivity index (χ2v) is 5.12. The lowest BCUT2D eigenvalue weighted by Gasteiger charge is -2.16. The summed E-state index contributed by atoms with van der Waals surface area (Å²) in [5.74, 6) is -0.293. The van der Waals surface area contributed by atoms with E-state index in [0.29, 0.717) is 23.6 Å². The molecule has 1 unspecified atom stereocenters. The van der Waals surface area contributed by atoms with Gasteiger partial charge in [-0.2, -0.15) is 0 Å². The van der Waals surface area contributed by atoms with Crippen LogP contribution in [0.1, 0.15) is 11.1 Å². The van der Waals surface area contributed by atoms with E-state index >= 15 is 0 Å². The molecule has 1 atom stereocenters. The maximum absolute atomic E-state index is 13.6. The zero-order valence-corrected chi connectivity index (χ0v) is 11.8. The molecule has 0 fully saturated rings. The molecule has 0 saturated carbocycles. The van der Waals surface area contributed by atoms with Gasteiger partial charge in [0.05, 0.1) is 6.61 Å². The van der Waals surface area contributed by atoms with Gasteiger partial charge in [-0.25, -0.2) is 4.39 Å². The molecular weight excluding hydrogens is 277 g/mol. The number of nitrogens with one attached hydrogen (secondary N) is 1. The highest BCUT2D eigenvalue weighted by atomic mass is 35.5. The minimum absolute atomic E-state index is 0.00290. The Labute approximate surface area is 123 Å². The van der Waals surface area contributed by atoms with Crippen molar-refractivity contribution in [3.63, 3.8) is 0 Å². The van der Waals surface area contributed by atoms with Crippen LogP contribution in [0.25, 0.3) is 0 Å². The first-order chi connectivity index (χ1) is 9.69. The van der Waals surface area contributed by atoms with Crippen molar-refractivity contribution in [2.24, 2.45) is 0 Å². The number of halogens is 2. The van der Waals surface area contributed by atoms with Crippen molar-refractivity contribution in [2.75, 3.05) is 6.61 Å². The van der Waals surface area contributed by atoms with Crippen LogP contribution in [0, 0.1) is 5.82 Å². The van der Waals surface area contributed by atoms with Crippen LogP contribution in [0.3, 0.4) is 0 Å². The summed E-state index contributed by atoms with van der Waals surface area (Å²) in [5, 5.41) is 13.1. The number of hydrogen-bond acceptors (Lipinski definition) is 2. The van der Waals surface area contributed by atoms with Crippen LogP contribution in [0.2, 0.25) is 5.02 Å². The number of aliphatic hydroxyl groups excluding tert-OH is 1. The molecule has 0 aliphatic heterocycles. The van der Waals surface area contributed by atoms with Crippen molar-refractivity contribution >= 4 is 11.6 Å². The topological polar surface area (TPSA) is 32.3 Å². The molecule has 0 spiro atoms. The summed E-state index contributed by atoms with van der Waals surface area (Å²) < 4.78 is 13.6. The van der Waals surface area contributed by atoms with E-state index < -0.39 is 0 Å². The van der Waals surface area contributed by atoms with E-state index in [1.807, 2.05) is 30.3 Å². The van der Waals surface area contributed by atoms with Gasteiger partial charge in [-0.05, 0) is 30.2 Å². The van der Waals surface area contributed by atoms with E-state index in [2.05, 4.69) is 5.32 Å². The number of rotatable bonds is 6. The molecule has 2 rings (SSSR count). The summed E-state index contributed by atoms with van der Waals surface area (Å²) in [6, 6.07) is 14.2. The van der Waals surface area contributed by atoms with Gasteiger partial charge in [0.2, 0.25) is 0 Å². The highest BCUT2D eigenvalue weighted by Crippen LogP contribution is 2.15. The van der Waals surface area contributed by atoms with Crippen molar-refractivity contribution in [1.82, 2.24) is 5.32 Å². The molecule has 0 aliphatic rings. The lowest BCUT2D eigenvalue weighted by Crippen LogP contribution is -2.34. The molecule has 4 heteroatoms. The molecule has 2 nitrogen and oxygen atoms in total. The fraction of sp³-hybridized carbons (Fsp3) is 0.250. The molecule has 2 aromatic rings. The van der Waals surface area contributed by atoms with Crippen LogP contribution in [0.5, 0.6) is 0 Å². The second-order valence-electron chi connectivity index (χ2n) is 4.69. The first-order valence-electron chi connectivity index (χ1n) is 6.51. The molecular formula is C16H17ClFNO. The number of aliphatic hydroxyl groups is 1. The summed E-state index contributed by atoms with van der Waals surface area (Å²) in [6.07, 6.45) is 0.694. The van der Waals surface area contributed by atoms with Crippen molar-refractivity contribution in [3.05, 3.63) is 70.5 Å². The Morgan fingerprint density at radius 3 is 2.60 bits per heavy atom. The molecule has 0 saturated heterocycles. The van der Waals surface area contributed by atoms with Crippen molar-refractivity contribution in [2.45, 2.75) is 19.0 Å². The summed E-state index contributed by atoms with van der Waals surface area (Å²) in [5.41, 5.74) is 1.63. The molecule has 0 bridgehead atoms. The van der Waals surface area contributed by atoms with E-state index in [1.54, 1.807) is 6.07 Å². The third kappa shape index (κ3) is 4.30. The van der Waals surface area contributed by atoms with E-state index in [4.69, 9.17) is 11.6 Å². The Hall–Kier alpha value is -1.42. The van der Waals surface area contributed by atoms with Crippen LogP contribution in [-0.4, -0.2) is 17.8 Å². The maximum atomic E-state index is 13.6. The summed E-state index contributed by atoms with van der Waals surface area (Å²) in [7, 11) is 0. The first kappa shape index (κ1) is 15.0. The van der Waals surface area contributed by atoms with Gasteiger partial charge >= 0.3 is 0 Å². The molecule has 20 heavy (non-hydrogen) atoms. The van der Waals surface area contributed by atoms with Crippen LogP contribution in [0.4, 0.5) is 4.39 Å². The van der Waals surface area contributed by atoms with Gasteiger partial charge in [0.15, 0.2) is 0 Å². The van der Waals surface area contributed by atoms with Gasteiger partial charge in [0.25, 0.3) is 0 Å². The van der Waals surface area contributed by atoms with Crippen molar-refractivity contribution in [3.8, 4) is 0 Å². The fourth-order valence-electron chi connectivity index (χ4n) is 2.03. The third-order valence-electron chi connectivity index (χ3n) is 3.13. The Morgan fingerprint density at radius 2 is 1.90 bits per heavy atom. The predicted octanol–water partition coefficient (Wildman–Crippen LogP) is 3.17. The standard InChI is InChI=1S/C16H17ClFNO/c17-14-6-7-16(18)13(9-14)10-19-15(11-20)8-12-4-2-1-3-5-12/h1-7,9,15,19-20H,8,10-11H2. The molecule has 2 N–H and O–H groups in total. The first-order valence-corrected chi connectivity index (χ1v) is 6.89. The normalized spacial score (nSPS) is 12.3.